The van der Waals surface area contributed by atoms with Crippen LogP contribution in [0, 0.1) is 6.92 Å². The lowest BCUT2D eigenvalue weighted by Gasteiger charge is -2.34. The number of hydrogen-bond donors (Lipinski definition) is 1. The second kappa shape index (κ2) is 16.1. The van der Waals surface area contributed by atoms with Gasteiger partial charge in [-0.3, -0.25) is 13.9 Å². The Hall–Kier alpha value is -4.63. The maximum absolute atomic E-state index is 14.7. The molecule has 2 amide bonds. The molecular weight excluding hydrogens is 598 g/mol. The van der Waals surface area contributed by atoms with Crippen LogP contribution in [0.15, 0.2) is 114 Å². The van der Waals surface area contributed by atoms with Crippen LogP contribution in [0.1, 0.15) is 43.9 Å². The number of carbonyl (C=O) groups is 2. The smallest absolute Gasteiger partial charge is 0.264 e. The first-order valence-corrected chi connectivity index (χ1v) is 17.1. The molecule has 0 aliphatic heterocycles. The van der Waals surface area contributed by atoms with Crippen LogP contribution in [0.25, 0.3) is 0 Å². The van der Waals surface area contributed by atoms with E-state index in [1.54, 1.807) is 42.5 Å². The lowest BCUT2D eigenvalue weighted by atomic mass is 10.0. The summed E-state index contributed by atoms with van der Waals surface area (Å²) >= 11 is 0. The topological polar surface area (TPSA) is 96.0 Å². The van der Waals surface area contributed by atoms with Gasteiger partial charge in [0, 0.05) is 19.0 Å². The van der Waals surface area contributed by atoms with Gasteiger partial charge in [0.2, 0.25) is 11.8 Å². The van der Waals surface area contributed by atoms with E-state index in [0.717, 1.165) is 21.0 Å². The standard InChI is InChI=1S/C37H43N3O5S/c1-5-29(4)38-37(42)34(25-30-17-9-7-10-18-30)39(26-31-19-15-16-28(3)24-31)36(41)27-40(33-22-13-14-23-35(33)45-6-2)46(43,44)32-20-11-8-12-21-32/h7-24,29,34H,5-6,25-27H2,1-4H3,(H,38,42)/t29-,34+/m1/s1. The fourth-order valence-corrected chi connectivity index (χ4v) is 6.62. The number of benzene rings is 4. The molecule has 242 valence electrons. The van der Waals surface area contributed by atoms with Gasteiger partial charge in [0.05, 0.1) is 17.2 Å². The molecule has 0 aliphatic carbocycles. The summed E-state index contributed by atoms with van der Waals surface area (Å²) < 4.78 is 35.4. The van der Waals surface area contributed by atoms with Crippen LogP contribution in [0.3, 0.4) is 0 Å². The van der Waals surface area contributed by atoms with Crippen LogP contribution < -0.4 is 14.4 Å². The number of nitrogens with zero attached hydrogens (tertiary/aromatic N) is 2. The van der Waals surface area contributed by atoms with Gasteiger partial charge in [0.1, 0.15) is 18.3 Å². The minimum atomic E-state index is -4.23. The number of anilines is 1. The summed E-state index contributed by atoms with van der Waals surface area (Å²) in [6.45, 7) is 7.54. The zero-order valence-corrected chi connectivity index (χ0v) is 27.7. The molecule has 4 aromatic carbocycles. The molecule has 1 N–H and O–H groups in total. The zero-order chi connectivity index (χ0) is 33.1. The molecule has 0 spiro atoms. The molecule has 0 bridgehead atoms. The molecule has 4 rings (SSSR count). The SMILES string of the molecule is CCOc1ccccc1N(CC(=O)N(Cc1cccc(C)c1)[C@@H](Cc1ccccc1)C(=O)N[C@H](C)CC)S(=O)(=O)c1ccccc1. The van der Waals surface area contributed by atoms with Gasteiger partial charge in [-0.05, 0) is 62.6 Å². The van der Waals surface area contributed by atoms with Crippen molar-refractivity contribution in [2.75, 3.05) is 17.5 Å². The fourth-order valence-electron chi connectivity index (χ4n) is 5.18. The summed E-state index contributed by atoms with van der Waals surface area (Å²) in [5, 5.41) is 3.06. The van der Waals surface area contributed by atoms with Crippen LogP contribution in [0.5, 0.6) is 5.75 Å². The number of sulfonamides is 1. The Morgan fingerprint density at radius 2 is 1.46 bits per heavy atom. The van der Waals surface area contributed by atoms with E-state index >= 15 is 0 Å². The van der Waals surface area contributed by atoms with Crippen LogP contribution in [0.2, 0.25) is 0 Å². The maximum Gasteiger partial charge on any atom is 0.264 e. The quantitative estimate of drug-likeness (QED) is 0.168. The van der Waals surface area contributed by atoms with Gasteiger partial charge in [-0.1, -0.05) is 97.4 Å². The summed E-state index contributed by atoms with van der Waals surface area (Å²) in [5.41, 5.74) is 2.95. The number of aryl methyl sites for hydroxylation is 1. The Morgan fingerprint density at radius 1 is 0.826 bits per heavy atom. The van der Waals surface area contributed by atoms with Crippen molar-refractivity contribution in [3.8, 4) is 5.75 Å². The molecule has 0 aromatic heterocycles. The molecule has 2 atom stereocenters. The van der Waals surface area contributed by atoms with E-state index in [2.05, 4.69) is 5.32 Å². The van der Waals surface area contributed by atoms with Crippen molar-refractivity contribution in [3.05, 3.63) is 126 Å². The Labute approximate surface area is 273 Å². The Balaban J connectivity index is 1.84. The van der Waals surface area contributed by atoms with Crippen LogP contribution in [0.4, 0.5) is 5.69 Å². The third kappa shape index (κ3) is 8.75. The molecule has 0 heterocycles. The van der Waals surface area contributed by atoms with Crippen molar-refractivity contribution in [3.63, 3.8) is 0 Å². The fraction of sp³-hybridized carbons (Fsp3) is 0.297. The van der Waals surface area contributed by atoms with Crippen LogP contribution >= 0.6 is 0 Å². The first-order valence-electron chi connectivity index (χ1n) is 15.6. The highest BCUT2D eigenvalue weighted by Gasteiger charge is 2.35. The molecule has 0 saturated heterocycles. The number of ether oxygens (including phenoxy) is 1. The highest BCUT2D eigenvalue weighted by Crippen LogP contribution is 2.33. The van der Waals surface area contributed by atoms with Crippen LogP contribution in [-0.2, 0) is 32.6 Å². The van der Waals surface area contributed by atoms with Gasteiger partial charge in [-0.2, -0.15) is 0 Å². The molecule has 0 fully saturated rings. The van der Waals surface area contributed by atoms with Crippen molar-refractivity contribution in [2.45, 2.75) is 64.1 Å². The van der Waals surface area contributed by atoms with E-state index < -0.39 is 28.5 Å². The average molecular weight is 642 g/mol. The molecule has 9 heteroatoms. The average Bonchev–Trinajstić information content (AvgIpc) is 3.06. The molecule has 0 aliphatic rings. The first kappa shape index (κ1) is 34.2. The molecule has 8 nitrogen and oxygen atoms in total. The van der Waals surface area contributed by atoms with Crippen molar-refractivity contribution in [2.24, 2.45) is 0 Å². The van der Waals surface area contributed by atoms with Crippen molar-refractivity contribution >= 4 is 27.5 Å². The van der Waals surface area contributed by atoms with Gasteiger partial charge in [0.15, 0.2) is 0 Å². The summed E-state index contributed by atoms with van der Waals surface area (Å²) in [5.74, 6) is -0.489. The Morgan fingerprint density at radius 3 is 2.11 bits per heavy atom. The Bertz CT molecular complexity index is 1700. The van der Waals surface area contributed by atoms with Gasteiger partial charge < -0.3 is 15.0 Å². The maximum atomic E-state index is 14.7. The number of carbonyl (C=O) groups excluding carboxylic acids is 2. The molecule has 0 unspecified atom stereocenters. The van der Waals surface area contributed by atoms with E-state index in [1.165, 1.54) is 17.0 Å². The summed E-state index contributed by atoms with van der Waals surface area (Å²) in [4.78, 5) is 30.2. The van der Waals surface area contributed by atoms with Crippen LogP contribution in [-0.4, -0.2) is 50.4 Å². The van der Waals surface area contributed by atoms with Crippen molar-refractivity contribution in [1.29, 1.82) is 0 Å². The monoisotopic (exact) mass is 641 g/mol. The van der Waals surface area contributed by atoms with Crippen molar-refractivity contribution in [1.82, 2.24) is 10.2 Å². The minimum absolute atomic E-state index is 0.0367. The van der Waals surface area contributed by atoms with Gasteiger partial charge in [-0.25, -0.2) is 8.42 Å². The number of para-hydroxylation sites is 2. The van der Waals surface area contributed by atoms with E-state index in [0.29, 0.717) is 18.8 Å². The molecule has 46 heavy (non-hydrogen) atoms. The Kier molecular flexibility index (Phi) is 12.0. The van der Waals surface area contributed by atoms with Gasteiger partial charge in [-0.15, -0.1) is 0 Å². The summed E-state index contributed by atoms with van der Waals surface area (Å²) in [6.07, 6.45) is 0.967. The molecule has 0 saturated carbocycles. The highest BCUT2D eigenvalue weighted by atomic mass is 32.2. The third-order valence-corrected chi connectivity index (χ3v) is 9.53. The normalized spacial score (nSPS) is 12.5. The van der Waals surface area contributed by atoms with E-state index in [4.69, 9.17) is 4.74 Å². The van der Waals surface area contributed by atoms with Crippen molar-refractivity contribution < 1.29 is 22.7 Å². The molecule has 0 radical (unpaired) electrons. The third-order valence-electron chi connectivity index (χ3n) is 7.75. The summed E-state index contributed by atoms with van der Waals surface area (Å²) in [7, 11) is -4.23. The zero-order valence-electron chi connectivity index (χ0n) is 26.9. The number of nitrogens with one attached hydrogen (secondary N) is 1. The van der Waals surface area contributed by atoms with E-state index in [-0.39, 0.29) is 35.5 Å². The number of amides is 2. The van der Waals surface area contributed by atoms with E-state index in [9.17, 15) is 18.0 Å². The second-order valence-electron chi connectivity index (χ2n) is 11.3. The lowest BCUT2D eigenvalue weighted by molar-refractivity contribution is -0.140. The summed E-state index contributed by atoms with van der Waals surface area (Å²) in [6, 6.07) is 31.0. The second-order valence-corrected chi connectivity index (χ2v) is 13.1. The number of rotatable bonds is 15. The largest absolute Gasteiger partial charge is 0.492 e. The number of hydrogen-bond acceptors (Lipinski definition) is 5. The minimum Gasteiger partial charge on any atom is -0.492 e. The molecular formula is C37H43N3O5S. The first-order chi connectivity index (χ1) is 22.1. The van der Waals surface area contributed by atoms with Gasteiger partial charge >= 0.3 is 0 Å². The predicted molar refractivity (Wildman–Crippen MR) is 182 cm³/mol. The molecule has 4 aromatic rings. The highest BCUT2D eigenvalue weighted by molar-refractivity contribution is 7.92. The predicted octanol–water partition coefficient (Wildman–Crippen LogP) is 6.14. The lowest BCUT2D eigenvalue weighted by Crippen LogP contribution is -2.54. The van der Waals surface area contributed by atoms with Gasteiger partial charge in [0.25, 0.3) is 10.0 Å². The van der Waals surface area contributed by atoms with E-state index in [1.807, 2.05) is 82.3 Å².